The van der Waals surface area contributed by atoms with Crippen molar-refractivity contribution >= 4 is 12.0 Å². The van der Waals surface area contributed by atoms with E-state index in [0.29, 0.717) is 6.54 Å². The maximum atomic E-state index is 12.5. The molecule has 1 saturated heterocycles. The Morgan fingerprint density at radius 1 is 1.37 bits per heavy atom. The largest absolute Gasteiger partial charge is 0.480 e. The number of aliphatic carboxylic acids is 1. The van der Waals surface area contributed by atoms with Gasteiger partial charge in [-0.15, -0.1) is 0 Å². The zero-order valence-electron chi connectivity index (χ0n) is 12.3. The molecule has 1 N–H and O–H groups in total. The minimum absolute atomic E-state index is 0.107. The molecular weight excluding hydrogens is 246 g/mol. The number of hydrogen-bond acceptors (Lipinski definition) is 3. The molecule has 0 bridgehead atoms. The number of carbonyl (C=O) groups excluding carboxylic acids is 1. The summed E-state index contributed by atoms with van der Waals surface area (Å²) in [5, 5.41) is 8.92. The number of nitrogens with zero attached hydrogens (tertiary/aromatic N) is 3. The molecule has 0 aromatic carbocycles. The second-order valence-corrected chi connectivity index (χ2v) is 5.56. The molecule has 6 nitrogen and oxygen atoms in total. The van der Waals surface area contributed by atoms with Gasteiger partial charge >= 0.3 is 12.0 Å². The molecule has 0 radical (unpaired) electrons. The van der Waals surface area contributed by atoms with E-state index in [2.05, 4.69) is 4.90 Å². The lowest BCUT2D eigenvalue weighted by Gasteiger charge is -2.35. The number of amides is 2. The van der Waals surface area contributed by atoms with Crippen LogP contribution >= 0.6 is 0 Å². The van der Waals surface area contributed by atoms with Crippen molar-refractivity contribution in [3.05, 3.63) is 0 Å². The molecule has 0 saturated carbocycles. The highest BCUT2D eigenvalue weighted by molar-refractivity contribution is 5.80. The first-order valence-electron chi connectivity index (χ1n) is 6.80. The molecule has 0 aliphatic carbocycles. The monoisotopic (exact) mass is 271 g/mol. The molecule has 1 fully saturated rings. The van der Waals surface area contributed by atoms with Crippen molar-refractivity contribution in [2.45, 2.75) is 39.3 Å². The second kappa shape index (κ2) is 6.75. The fourth-order valence-electron chi connectivity index (χ4n) is 2.44. The van der Waals surface area contributed by atoms with E-state index in [1.54, 1.807) is 4.90 Å². The third-order valence-corrected chi connectivity index (χ3v) is 3.47. The van der Waals surface area contributed by atoms with Crippen molar-refractivity contribution < 1.29 is 14.7 Å². The summed E-state index contributed by atoms with van der Waals surface area (Å²) < 4.78 is 0. The topological polar surface area (TPSA) is 64.1 Å². The molecule has 1 unspecified atom stereocenters. The smallest absolute Gasteiger partial charge is 0.323 e. The molecule has 6 heteroatoms. The summed E-state index contributed by atoms with van der Waals surface area (Å²) in [5.74, 6) is -0.971. The van der Waals surface area contributed by atoms with Crippen molar-refractivity contribution in [2.24, 2.45) is 0 Å². The fraction of sp³-hybridized carbons (Fsp3) is 0.846. The summed E-state index contributed by atoms with van der Waals surface area (Å²) in [5.41, 5.74) is 0. The Morgan fingerprint density at radius 3 is 2.53 bits per heavy atom. The number of carboxylic acids is 1. The molecule has 0 aromatic rings. The van der Waals surface area contributed by atoms with Gasteiger partial charge in [-0.05, 0) is 40.8 Å². The number of urea groups is 1. The summed E-state index contributed by atoms with van der Waals surface area (Å²) in [7, 11) is 2.04. The molecule has 0 spiro atoms. The van der Waals surface area contributed by atoms with Crippen molar-refractivity contribution in [3.8, 4) is 0 Å². The van der Waals surface area contributed by atoms with E-state index in [-0.39, 0.29) is 24.7 Å². The van der Waals surface area contributed by atoms with Gasteiger partial charge < -0.3 is 19.8 Å². The van der Waals surface area contributed by atoms with Crippen molar-refractivity contribution in [1.82, 2.24) is 14.7 Å². The van der Waals surface area contributed by atoms with Crippen LogP contribution in [0.1, 0.15) is 27.2 Å². The zero-order chi connectivity index (χ0) is 14.6. The quantitative estimate of drug-likeness (QED) is 0.829. The molecule has 2 amide bonds. The molecule has 1 heterocycles. The van der Waals surface area contributed by atoms with Crippen LogP contribution in [0.3, 0.4) is 0 Å². The van der Waals surface area contributed by atoms with E-state index >= 15 is 0 Å². The van der Waals surface area contributed by atoms with E-state index in [1.165, 1.54) is 4.90 Å². The molecular formula is C13H25N3O3. The van der Waals surface area contributed by atoms with Gasteiger partial charge in [0.2, 0.25) is 0 Å². The van der Waals surface area contributed by atoms with Crippen LogP contribution in [-0.4, -0.2) is 77.1 Å². The first-order valence-corrected chi connectivity index (χ1v) is 6.80. The SMILES string of the molecule is CC(C)N(CC(=O)O)C(=O)N1CCCN(C)CC1C. The van der Waals surface area contributed by atoms with E-state index in [0.717, 1.165) is 19.5 Å². The van der Waals surface area contributed by atoms with E-state index in [9.17, 15) is 9.59 Å². The average Bonchev–Trinajstić information content (AvgIpc) is 2.45. The summed E-state index contributed by atoms with van der Waals surface area (Å²) >= 11 is 0. The highest BCUT2D eigenvalue weighted by Crippen LogP contribution is 2.13. The van der Waals surface area contributed by atoms with Crippen LogP contribution in [0.2, 0.25) is 0 Å². The standard InChI is InChI=1S/C13H25N3O3/c1-10(2)16(9-12(17)18)13(19)15-7-5-6-14(4)8-11(15)3/h10-11H,5-9H2,1-4H3,(H,17,18). The number of carboxylic acid groups (broad SMARTS) is 1. The minimum Gasteiger partial charge on any atom is -0.480 e. The van der Waals surface area contributed by atoms with Crippen LogP contribution in [0.25, 0.3) is 0 Å². The van der Waals surface area contributed by atoms with Crippen LogP contribution in [-0.2, 0) is 4.79 Å². The Hall–Kier alpha value is -1.30. The lowest BCUT2D eigenvalue weighted by atomic mass is 10.2. The van der Waals surface area contributed by atoms with Gasteiger partial charge in [-0.25, -0.2) is 4.79 Å². The zero-order valence-corrected chi connectivity index (χ0v) is 12.3. The van der Waals surface area contributed by atoms with Crippen LogP contribution < -0.4 is 0 Å². The maximum Gasteiger partial charge on any atom is 0.323 e. The Kier molecular flexibility index (Phi) is 5.60. The van der Waals surface area contributed by atoms with Gasteiger partial charge in [0.1, 0.15) is 6.54 Å². The van der Waals surface area contributed by atoms with Gasteiger partial charge in [0.05, 0.1) is 0 Å². The van der Waals surface area contributed by atoms with Gasteiger partial charge in [0, 0.05) is 25.2 Å². The number of hydrogen-bond donors (Lipinski definition) is 1. The predicted octanol–water partition coefficient (Wildman–Crippen LogP) is 0.927. The van der Waals surface area contributed by atoms with E-state index < -0.39 is 5.97 Å². The van der Waals surface area contributed by atoms with Crippen molar-refractivity contribution in [3.63, 3.8) is 0 Å². The Bertz CT molecular complexity index is 333. The predicted molar refractivity (Wildman–Crippen MR) is 73.2 cm³/mol. The van der Waals surface area contributed by atoms with Gasteiger partial charge in [-0.1, -0.05) is 0 Å². The average molecular weight is 271 g/mol. The normalized spacial score (nSPS) is 21.3. The molecule has 1 rings (SSSR count). The minimum atomic E-state index is -0.971. The maximum absolute atomic E-state index is 12.5. The number of likely N-dealkylation sites (N-methyl/N-ethyl adjacent to an activating group) is 1. The van der Waals surface area contributed by atoms with Crippen molar-refractivity contribution in [2.75, 3.05) is 33.2 Å². The second-order valence-electron chi connectivity index (χ2n) is 5.56. The highest BCUT2D eigenvalue weighted by atomic mass is 16.4. The lowest BCUT2D eigenvalue weighted by Crippen LogP contribution is -2.52. The third-order valence-electron chi connectivity index (χ3n) is 3.47. The first-order chi connectivity index (χ1) is 8.82. The van der Waals surface area contributed by atoms with Crippen molar-refractivity contribution in [1.29, 1.82) is 0 Å². The van der Waals surface area contributed by atoms with Gasteiger partial charge in [-0.2, -0.15) is 0 Å². The van der Waals surface area contributed by atoms with Gasteiger partial charge in [-0.3, -0.25) is 4.79 Å². The summed E-state index contributed by atoms with van der Waals surface area (Å²) in [6, 6.07) is -0.174. The van der Waals surface area contributed by atoms with Gasteiger partial charge in [0.25, 0.3) is 0 Å². The molecule has 1 aliphatic rings. The summed E-state index contributed by atoms with van der Waals surface area (Å²) in [4.78, 5) is 28.8. The summed E-state index contributed by atoms with van der Waals surface area (Å²) in [6.45, 7) is 7.94. The summed E-state index contributed by atoms with van der Waals surface area (Å²) in [6.07, 6.45) is 0.922. The lowest BCUT2D eigenvalue weighted by molar-refractivity contribution is -0.138. The molecule has 1 aliphatic heterocycles. The van der Waals surface area contributed by atoms with E-state index in [1.807, 2.05) is 27.8 Å². The van der Waals surface area contributed by atoms with Gasteiger partial charge in [0.15, 0.2) is 0 Å². The Balaban J connectivity index is 2.79. The number of rotatable bonds is 3. The fourth-order valence-corrected chi connectivity index (χ4v) is 2.44. The van der Waals surface area contributed by atoms with Crippen LogP contribution in [0, 0.1) is 0 Å². The highest BCUT2D eigenvalue weighted by Gasteiger charge is 2.29. The Morgan fingerprint density at radius 2 is 2.00 bits per heavy atom. The third kappa shape index (κ3) is 4.38. The Labute approximate surface area is 115 Å². The molecule has 110 valence electrons. The van der Waals surface area contributed by atoms with Crippen LogP contribution in [0.15, 0.2) is 0 Å². The number of carbonyl (C=O) groups is 2. The molecule has 1 atom stereocenters. The molecule has 0 aromatic heterocycles. The van der Waals surface area contributed by atoms with Crippen LogP contribution in [0.4, 0.5) is 4.79 Å². The molecule has 19 heavy (non-hydrogen) atoms. The van der Waals surface area contributed by atoms with E-state index in [4.69, 9.17) is 5.11 Å². The first kappa shape index (κ1) is 15.8. The van der Waals surface area contributed by atoms with Crippen LogP contribution in [0.5, 0.6) is 0 Å².